The second kappa shape index (κ2) is 7.25. The van der Waals surface area contributed by atoms with Gasteiger partial charge in [-0.1, -0.05) is 25.7 Å². The van der Waals surface area contributed by atoms with Crippen molar-refractivity contribution in [3.8, 4) is 0 Å². The van der Waals surface area contributed by atoms with Gasteiger partial charge in [-0.15, -0.1) is 0 Å². The van der Waals surface area contributed by atoms with Crippen LogP contribution in [-0.2, 0) is 10.1 Å². The summed E-state index contributed by atoms with van der Waals surface area (Å²) in [5.74, 6) is -0.112. The van der Waals surface area contributed by atoms with Crippen molar-refractivity contribution in [2.45, 2.75) is 57.4 Å². The normalized spacial score (nSPS) is 19.6. The number of unbranched alkanes of at least 4 members (excludes halogenated alkanes) is 1. The van der Waals surface area contributed by atoms with Crippen molar-refractivity contribution in [3.05, 3.63) is 0 Å². The smallest absolute Gasteiger partial charge is 0.264 e. The Kier molecular flexibility index (Phi) is 6.31. The fraction of sp³-hybridized carbons (Fsp3) is 1.00. The third-order valence-electron chi connectivity index (χ3n) is 3.12. The first-order chi connectivity index (χ1) is 7.58. The van der Waals surface area contributed by atoms with Gasteiger partial charge in [-0.25, -0.2) is 0 Å². The van der Waals surface area contributed by atoms with E-state index >= 15 is 0 Å². The maximum Gasteiger partial charge on any atom is 0.264 e. The van der Waals surface area contributed by atoms with Gasteiger partial charge in [-0.3, -0.25) is 4.55 Å². The first-order valence-corrected chi connectivity index (χ1v) is 7.87. The Morgan fingerprint density at radius 1 is 1.06 bits per heavy atom. The summed E-state index contributed by atoms with van der Waals surface area (Å²) in [4.78, 5) is 0. The zero-order chi connectivity index (χ0) is 11.9. The molecule has 5 heteroatoms. The standard InChI is InChI=1S/C11H23NO3S/c13-16(14,15)10-6-5-9-12-11-7-3-1-2-4-8-11/h11-12H,1-10H2,(H,13,14,15). The molecular formula is C11H23NO3S. The van der Waals surface area contributed by atoms with Gasteiger partial charge in [0.25, 0.3) is 10.1 Å². The van der Waals surface area contributed by atoms with E-state index < -0.39 is 10.1 Å². The van der Waals surface area contributed by atoms with Gasteiger partial charge in [0, 0.05) is 6.04 Å². The highest BCUT2D eigenvalue weighted by molar-refractivity contribution is 7.85. The van der Waals surface area contributed by atoms with Gasteiger partial charge in [-0.05, 0) is 32.2 Å². The maximum atomic E-state index is 10.5. The van der Waals surface area contributed by atoms with Crippen LogP contribution in [0.4, 0.5) is 0 Å². The number of hydrogen-bond donors (Lipinski definition) is 2. The first kappa shape index (κ1) is 13.9. The Labute approximate surface area is 98.6 Å². The molecule has 1 fully saturated rings. The summed E-state index contributed by atoms with van der Waals surface area (Å²) >= 11 is 0. The third-order valence-corrected chi connectivity index (χ3v) is 3.92. The minimum Gasteiger partial charge on any atom is -0.314 e. The Balaban J connectivity index is 2.01. The Morgan fingerprint density at radius 3 is 2.25 bits per heavy atom. The molecule has 0 atom stereocenters. The van der Waals surface area contributed by atoms with Gasteiger partial charge in [0.1, 0.15) is 0 Å². The molecule has 0 bridgehead atoms. The van der Waals surface area contributed by atoms with Gasteiger partial charge in [-0.2, -0.15) is 8.42 Å². The summed E-state index contributed by atoms with van der Waals surface area (Å²) in [6.45, 7) is 0.861. The predicted octanol–water partition coefficient (Wildman–Crippen LogP) is 1.97. The molecule has 16 heavy (non-hydrogen) atoms. The van der Waals surface area contributed by atoms with Gasteiger partial charge in [0.2, 0.25) is 0 Å². The van der Waals surface area contributed by atoms with Crippen LogP contribution in [0, 0.1) is 0 Å². The molecule has 0 radical (unpaired) electrons. The van der Waals surface area contributed by atoms with Crippen LogP contribution in [0.1, 0.15) is 51.4 Å². The van der Waals surface area contributed by atoms with Crippen molar-refractivity contribution in [1.29, 1.82) is 0 Å². The highest BCUT2D eigenvalue weighted by Gasteiger charge is 2.11. The lowest BCUT2D eigenvalue weighted by Gasteiger charge is -2.15. The van der Waals surface area contributed by atoms with Crippen LogP contribution < -0.4 is 5.32 Å². The molecular weight excluding hydrogens is 226 g/mol. The maximum absolute atomic E-state index is 10.5. The predicted molar refractivity (Wildman–Crippen MR) is 65.1 cm³/mol. The summed E-state index contributed by atoms with van der Waals surface area (Å²) in [5.41, 5.74) is 0. The molecule has 4 nitrogen and oxygen atoms in total. The van der Waals surface area contributed by atoms with E-state index in [2.05, 4.69) is 5.32 Å². The summed E-state index contributed by atoms with van der Waals surface area (Å²) in [6, 6.07) is 0.619. The van der Waals surface area contributed by atoms with E-state index in [1.807, 2.05) is 0 Å². The van der Waals surface area contributed by atoms with E-state index in [9.17, 15) is 8.42 Å². The van der Waals surface area contributed by atoms with E-state index in [0.29, 0.717) is 12.5 Å². The lowest BCUT2D eigenvalue weighted by atomic mass is 10.1. The second-order valence-electron chi connectivity index (χ2n) is 4.64. The number of nitrogens with one attached hydrogen (secondary N) is 1. The largest absolute Gasteiger partial charge is 0.314 e. The molecule has 1 rings (SSSR count). The molecule has 0 aromatic rings. The molecule has 0 aliphatic heterocycles. The van der Waals surface area contributed by atoms with Crippen molar-refractivity contribution in [2.24, 2.45) is 0 Å². The lowest BCUT2D eigenvalue weighted by molar-refractivity contribution is 0.450. The Hall–Kier alpha value is -0.130. The van der Waals surface area contributed by atoms with Gasteiger partial charge in [0.15, 0.2) is 0 Å². The van der Waals surface area contributed by atoms with Crippen LogP contribution in [-0.4, -0.2) is 31.3 Å². The fourth-order valence-corrected chi connectivity index (χ4v) is 2.77. The molecule has 0 aromatic heterocycles. The van der Waals surface area contributed by atoms with Crippen molar-refractivity contribution in [1.82, 2.24) is 5.32 Å². The Morgan fingerprint density at radius 2 is 1.69 bits per heavy atom. The summed E-state index contributed by atoms with van der Waals surface area (Å²) in [5, 5.41) is 3.47. The molecule has 0 saturated heterocycles. The molecule has 1 saturated carbocycles. The first-order valence-electron chi connectivity index (χ1n) is 6.26. The van der Waals surface area contributed by atoms with Crippen molar-refractivity contribution >= 4 is 10.1 Å². The highest BCUT2D eigenvalue weighted by atomic mass is 32.2. The van der Waals surface area contributed by atoms with Crippen molar-refractivity contribution in [3.63, 3.8) is 0 Å². The van der Waals surface area contributed by atoms with Crippen molar-refractivity contribution < 1.29 is 13.0 Å². The highest BCUT2D eigenvalue weighted by Crippen LogP contribution is 2.17. The molecule has 0 heterocycles. The lowest BCUT2D eigenvalue weighted by Crippen LogP contribution is -2.29. The van der Waals surface area contributed by atoms with Crippen LogP contribution >= 0.6 is 0 Å². The van der Waals surface area contributed by atoms with Crippen LogP contribution in [0.25, 0.3) is 0 Å². The second-order valence-corrected chi connectivity index (χ2v) is 6.21. The average Bonchev–Trinajstić information content (AvgIpc) is 2.44. The monoisotopic (exact) mass is 249 g/mol. The van der Waals surface area contributed by atoms with E-state index in [0.717, 1.165) is 13.0 Å². The SMILES string of the molecule is O=S(=O)(O)CCCCNC1CCCCCC1. The quantitative estimate of drug-likeness (QED) is 0.429. The molecule has 0 amide bonds. The van der Waals surface area contributed by atoms with Crippen molar-refractivity contribution in [2.75, 3.05) is 12.3 Å². The molecule has 0 unspecified atom stereocenters. The topological polar surface area (TPSA) is 66.4 Å². The molecule has 0 spiro atoms. The molecule has 1 aliphatic carbocycles. The number of rotatable bonds is 6. The molecule has 1 aliphatic rings. The summed E-state index contributed by atoms with van der Waals surface area (Å²) < 4.78 is 29.5. The minimum atomic E-state index is -3.76. The summed E-state index contributed by atoms with van der Waals surface area (Å²) in [6.07, 6.45) is 9.17. The molecule has 96 valence electrons. The third kappa shape index (κ3) is 7.19. The summed E-state index contributed by atoms with van der Waals surface area (Å²) in [7, 11) is -3.76. The van der Waals surface area contributed by atoms with E-state index in [-0.39, 0.29) is 5.75 Å². The van der Waals surface area contributed by atoms with Crippen LogP contribution in [0.2, 0.25) is 0 Å². The van der Waals surface area contributed by atoms with Crippen LogP contribution in [0.3, 0.4) is 0 Å². The zero-order valence-electron chi connectivity index (χ0n) is 9.82. The molecule has 2 N–H and O–H groups in total. The van der Waals surface area contributed by atoms with E-state index in [1.165, 1.54) is 38.5 Å². The Bertz CT molecular complexity index is 269. The van der Waals surface area contributed by atoms with Gasteiger partial charge < -0.3 is 5.32 Å². The van der Waals surface area contributed by atoms with Gasteiger partial charge >= 0.3 is 0 Å². The van der Waals surface area contributed by atoms with E-state index in [1.54, 1.807) is 0 Å². The van der Waals surface area contributed by atoms with Crippen LogP contribution in [0.15, 0.2) is 0 Å². The average molecular weight is 249 g/mol. The molecule has 0 aromatic carbocycles. The van der Waals surface area contributed by atoms with E-state index in [4.69, 9.17) is 4.55 Å². The van der Waals surface area contributed by atoms with Gasteiger partial charge in [0.05, 0.1) is 5.75 Å². The number of hydrogen-bond acceptors (Lipinski definition) is 3. The fourth-order valence-electron chi connectivity index (χ4n) is 2.20. The minimum absolute atomic E-state index is 0.112. The zero-order valence-corrected chi connectivity index (χ0v) is 10.6. The van der Waals surface area contributed by atoms with Crippen LogP contribution in [0.5, 0.6) is 0 Å².